The normalized spacial score (nSPS) is 9.88. The number of hydrogen-bond acceptors (Lipinski definition) is 4. The molecule has 7 heteroatoms. The van der Waals surface area contributed by atoms with Gasteiger partial charge in [0.25, 0.3) is 0 Å². The Labute approximate surface area is 122 Å². The number of rotatable bonds is 4. The van der Waals surface area contributed by atoms with Gasteiger partial charge < -0.3 is 4.79 Å². The van der Waals surface area contributed by atoms with Gasteiger partial charge in [-0.3, -0.25) is 4.31 Å². The van der Waals surface area contributed by atoms with Crippen LogP contribution in [0, 0.1) is 11.3 Å². The van der Waals surface area contributed by atoms with Crippen LogP contribution in [0.5, 0.6) is 0 Å². The van der Waals surface area contributed by atoms with Gasteiger partial charge >= 0.3 is 29.6 Å². The Morgan fingerprint density at radius 2 is 1.88 bits per heavy atom. The smallest absolute Gasteiger partial charge is 0.540 e. The average molecular weight is 260 g/mol. The molecule has 17 heavy (non-hydrogen) atoms. The molecule has 0 aromatic heterocycles. The Morgan fingerprint density at radius 1 is 1.35 bits per heavy atom. The van der Waals surface area contributed by atoms with Crippen molar-refractivity contribution in [1.82, 2.24) is 0 Å². The fourth-order valence-electron chi connectivity index (χ4n) is 1.16. The van der Waals surface area contributed by atoms with Crippen LogP contribution in [0.1, 0.15) is 5.56 Å². The largest absolute Gasteiger partial charge is 1.00 e. The SMILES string of the molecule is CS(=O)(=O)N(C[C-]=O)c1ccc(C#N)cc1.[Na+]. The van der Waals surface area contributed by atoms with Crippen molar-refractivity contribution in [2.24, 2.45) is 0 Å². The van der Waals surface area contributed by atoms with Gasteiger partial charge in [-0.2, -0.15) is 5.26 Å². The Kier molecular flexibility index (Phi) is 6.42. The molecule has 0 atom stereocenters. The third-order valence-corrected chi connectivity index (χ3v) is 3.03. The van der Waals surface area contributed by atoms with Gasteiger partial charge in [-0.1, -0.05) is 6.54 Å². The molecule has 1 aromatic carbocycles. The van der Waals surface area contributed by atoms with Crippen LogP contribution in [-0.4, -0.2) is 27.5 Å². The molecule has 0 amide bonds. The second-order valence-electron chi connectivity index (χ2n) is 3.07. The summed E-state index contributed by atoms with van der Waals surface area (Å²) < 4.78 is 23.6. The molecule has 0 heterocycles. The first-order chi connectivity index (χ1) is 7.49. The van der Waals surface area contributed by atoms with Gasteiger partial charge in [0.1, 0.15) is 0 Å². The monoisotopic (exact) mass is 260 g/mol. The van der Waals surface area contributed by atoms with Gasteiger partial charge in [0, 0.05) is 5.69 Å². The maximum atomic E-state index is 11.4. The zero-order chi connectivity index (χ0) is 12.2. The third kappa shape index (κ3) is 4.48. The van der Waals surface area contributed by atoms with E-state index in [4.69, 9.17) is 5.26 Å². The van der Waals surface area contributed by atoms with Crippen LogP contribution in [-0.2, 0) is 14.8 Å². The summed E-state index contributed by atoms with van der Waals surface area (Å²) in [6.45, 7) is -0.356. The molecular weight excluding hydrogens is 251 g/mol. The molecule has 0 unspecified atom stereocenters. The van der Waals surface area contributed by atoms with Crippen molar-refractivity contribution in [3.8, 4) is 6.07 Å². The average Bonchev–Trinajstić information content (AvgIpc) is 2.25. The summed E-state index contributed by atoms with van der Waals surface area (Å²) in [7, 11) is -3.51. The van der Waals surface area contributed by atoms with Gasteiger partial charge in [0.15, 0.2) is 0 Å². The maximum absolute atomic E-state index is 11.4. The summed E-state index contributed by atoms with van der Waals surface area (Å²) in [5.41, 5.74) is 0.761. The Balaban J connectivity index is 0.00000256. The molecule has 0 radical (unpaired) electrons. The van der Waals surface area contributed by atoms with Gasteiger partial charge in [0.2, 0.25) is 10.0 Å². The van der Waals surface area contributed by atoms with Gasteiger partial charge in [-0.15, -0.1) is 0 Å². The first-order valence-electron chi connectivity index (χ1n) is 4.32. The molecule has 0 N–H and O–H groups in total. The van der Waals surface area contributed by atoms with Crippen molar-refractivity contribution in [1.29, 1.82) is 5.26 Å². The second-order valence-corrected chi connectivity index (χ2v) is 4.98. The van der Waals surface area contributed by atoms with Crippen LogP contribution in [0.3, 0.4) is 0 Å². The summed E-state index contributed by atoms with van der Waals surface area (Å²) in [5, 5.41) is 8.59. The molecule has 0 saturated heterocycles. The zero-order valence-corrected chi connectivity index (χ0v) is 12.4. The fraction of sp³-hybridized carbons (Fsp3) is 0.200. The van der Waals surface area contributed by atoms with E-state index in [-0.39, 0.29) is 36.1 Å². The van der Waals surface area contributed by atoms with Crippen LogP contribution < -0.4 is 33.9 Å². The summed E-state index contributed by atoms with van der Waals surface area (Å²) in [6, 6.07) is 7.83. The maximum Gasteiger partial charge on any atom is 1.00 e. The Bertz CT molecular complexity index is 519. The van der Waals surface area contributed by atoms with Gasteiger partial charge in [-0.05, 0) is 24.3 Å². The molecule has 0 fully saturated rings. The molecule has 1 aromatic rings. The van der Waals surface area contributed by atoms with Crippen LogP contribution in [0.2, 0.25) is 0 Å². The Hall–Kier alpha value is -0.870. The van der Waals surface area contributed by atoms with Crippen molar-refractivity contribution in [3.05, 3.63) is 29.8 Å². The third-order valence-electron chi connectivity index (χ3n) is 1.89. The van der Waals surface area contributed by atoms with Crippen LogP contribution in [0.25, 0.3) is 0 Å². The molecule has 1 rings (SSSR count). The first-order valence-corrected chi connectivity index (χ1v) is 6.16. The molecule has 0 saturated carbocycles. The summed E-state index contributed by atoms with van der Waals surface area (Å²) in [6.07, 6.45) is 2.54. The molecule has 0 bridgehead atoms. The van der Waals surface area contributed by atoms with Crippen LogP contribution in [0.15, 0.2) is 24.3 Å². The van der Waals surface area contributed by atoms with Crippen molar-refractivity contribution in [2.75, 3.05) is 17.1 Å². The minimum atomic E-state index is -3.51. The molecule has 84 valence electrons. The minimum absolute atomic E-state index is 0. The van der Waals surface area contributed by atoms with Gasteiger partial charge in [0.05, 0.1) is 17.9 Å². The van der Waals surface area contributed by atoms with E-state index in [1.807, 2.05) is 6.07 Å². The number of sulfonamides is 1. The van der Waals surface area contributed by atoms with E-state index >= 15 is 0 Å². The van der Waals surface area contributed by atoms with Crippen LogP contribution >= 0.6 is 0 Å². The van der Waals surface area contributed by atoms with E-state index in [2.05, 4.69) is 0 Å². The van der Waals surface area contributed by atoms with Crippen LogP contribution in [0.4, 0.5) is 5.69 Å². The van der Waals surface area contributed by atoms with Crippen molar-refractivity contribution < 1.29 is 42.8 Å². The number of benzene rings is 1. The van der Waals surface area contributed by atoms with E-state index in [1.54, 1.807) is 0 Å². The molecule has 0 aliphatic carbocycles. The van der Waals surface area contributed by atoms with E-state index in [1.165, 1.54) is 30.6 Å². The van der Waals surface area contributed by atoms with Crippen molar-refractivity contribution in [2.45, 2.75) is 0 Å². The second kappa shape index (κ2) is 6.77. The number of anilines is 1. The minimum Gasteiger partial charge on any atom is -0.540 e. The quantitative estimate of drug-likeness (QED) is 0.440. The van der Waals surface area contributed by atoms with Crippen molar-refractivity contribution >= 4 is 22.0 Å². The predicted molar refractivity (Wildman–Crippen MR) is 59.0 cm³/mol. The molecule has 0 aliphatic rings. The van der Waals surface area contributed by atoms with Crippen molar-refractivity contribution in [3.63, 3.8) is 0 Å². The molecule has 0 spiro atoms. The summed E-state index contributed by atoms with van der Waals surface area (Å²) in [5.74, 6) is 0. The standard InChI is InChI=1S/C10H9N2O3S.Na/c1-16(14,15)12(6-7-13)10-4-2-9(8-11)3-5-10;/h2-5H,6H2,1H3;/q-1;+1. The fourth-order valence-corrected chi connectivity index (χ4v) is 1.95. The zero-order valence-electron chi connectivity index (χ0n) is 9.54. The number of hydrogen-bond donors (Lipinski definition) is 0. The number of nitrogens with zero attached hydrogens (tertiary/aromatic N) is 2. The van der Waals surface area contributed by atoms with Gasteiger partial charge in [-0.25, -0.2) is 14.7 Å². The number of nitriles is 1. The van der Waals surface area contributed by atoms with E-state index < -0.39 is 10.0 Å². The van der Waals surface area contributed by atoms with E-state index in [9.17, 15) is 13.2 Å². The number of carbonyl (C=O) groups excluding carboxylic acids is 1. The first kappa shape index (κ1) is 16.1. The van der Waals surface area contributed by atoms with E-state index in [0.29, 0.717) is 11.3 Å². The Morgan fingerprint density at radius 3 is 2.24 bits per heavy atom. The van der Waals surface area contributed by atoms with E-state index in [0.717, 1.165) is 10.6 Å². The molecule has 0 aliphatic heterocycles. The summed E-state index contributed by atoms with van der Waals surface area (Å²) in [4.78, 5) is 10.3. The molecular formula is C10H9N2NaO3S. The predicted octanol–water partition coefficient (Wildman–Crippen LogP) is -2.56. The topological polar surface area (TPSA) is 78.2 Å². The molecule has 5 nitrogen and oxygen atoms in total. The summed E-state index contributed by atoms with van der Waals surface area (Å²) >= 11 is 0.